The molecule has 1 amide bonds. The lowest BCUT2D eigenvalue weighted by Crippen LogP contribution is -2.44. The van der Waals surface area contributed by atoms with Crippen molar-refractivity contribution in [2.24, 2.45) is 5.92 Å². The van der Waals surface area contributed by atoms with E-state index in [-0.39, 0.29) is 11.8 Å². The Morgan fingerprint density at radius 1 is 1.21 bits per heavy atom. The van der Waals surface area contributed by atoms with Crippen LogP contribution in [-0.4, -0.2) is 23.0 Å². The van der Waals surface area contributed by atoms with Gasteiger partial charge in [0.1, 0.15) is 6.04 Å². The number of hydrogen-bond donors (Lipinski definition) is 2. The van der Waals surface area contributed by atoms with Crippen LogP contribution in [-0.2, 0) is 16.0 Å². The molecule has 2 N–H and O–H groups in total. The highest BCUT2D eigenvalue weighted by Crippen LogP contribution is 2.24. The predicted molar refractivity (Wildman–Crippen MR) is 71.7 cm³/mol. The first-order valence-corrected chi connectivity index (χ1v) is 6.74. The van der Waals surface area contributed by atoms with Gasteiger partial charge in [0.25, 0.3) is 0 Å². The van der Waals surface area contributed by atoms with Crippen molar-refractivity contribution in [2.75, 3.05) is 0 Å². The average Bonchev–Trinajstić information content (AvgIpc) is 2.93. The van der Waals surface area contributed by atoms with Gasteiger partial charge in [-0.05, 0) is 18.4 Å². The Bertz CT molecular complexity index is 438. The van der Waals surface area contributed by atoms with E-state index in [1.165, 1.54) is 0 Å². The van der Waals surface area contributed by atoms with E-state index in [1.807, 2.05) is 30.3 Å². The van der Waals surface area contributed by atoms with Crippen LogP contribution in [0.1, 0.15) is 31.2 Å². The van der Waals surface area contributed by atoms with Crippen LogP contribution in [0, 0.1) is 5.92 Å². The van der Waals surface area contributed by atoms with E-state index in [1.54, 1.807) is 0 Å². The topological polar surface area (TPSA) is 66.4 Å². The zero-order valence-electron chi connectivity index (χ0n) is 10.8. The van der Waals surface area contributed by atoms with Crippen molar-refractivity contribution in [2.45, 2.75) is 38.1 Å². The maximum Gasteiger partial charge on any atom is 0.326 e. The number of hydrogen-bond acceptors (Lipinski definition) is 2. The predicted octanol–water partition coefficient (Wildman–Crippen LogP) is 1.99. The molecule has 0 unspecified atom stereocenters. The standard InChI is InChI=1S/C15H19NO3/c17-14(12-8-4-5-9-12)16-13(15(18)19)10-11-6-2-1-3-7-11/h1-3,6-7,12-13H,4-5,8-10H2,(H,16,17)(H,18,19)/t13-/m0/s1. The Hall–Kier alpha value is -1.84. The first-order valence-electron chi connectivity index (χ1n) is 6.74. The fourth-order valence-electron chi connectivity index (χ4n) is 2.53. The highest BCUT2D eigenvalue weighted by molar-refractivity contribution is 5.85. The third-order valence-electron chi connectivity index (χ3n) is 3.62. The lowest BCUT2D eigenvalue weighted by molar-refractivity contribution is -0.142. The Kier molecular flexibility index (Phi) is 4.55. The number of carboxylic acids is 1. The first-order chi connectivity index (χ1) is 9.16. The minimum atomic E-state index is -0.977. The summed E-state index contributed by atoms with van der Waals surface area (Å²) in [6, 6.07) is 8.53. The van der Waals surface area contributed by atoms with Gasteiger partial charge in [-0.2, -0.15) is 0 Å². The Morgan fingerprint density at radius 2 is 1.84 bits per heavy atom. The SMILES string of the molecule is O=C(N[C@@H](Cc1ccccc1)C(=O)O)C1CCCC1. The van der Waals surface area contributed by atoms with Crippen molar-refractivity contribution in [1.82, 2.24) is 5.32 Å². The van der Waals surface area contributed by atoms with E-state index in [0.717, 1.165) is 31.2 Å². The largest absolute Gasteiger partial charge is 0.480 e. The number of rotatable bonds is 5. The molecule has 1 aromatic carbocycles. The summed E-state index contributed by atoms with van der Waals surface area (Å²) in [5.41, 5.74) is 0.918. The zero-order chi connectivity index (χ0) is 13.7. The molecule has 1 aromatic rings. The monoisotopic (exact) mass is 261 g/mol. The number of carboxylic acid groups (broad SMARTS) is 1. The molecule has 4 nitrogen and oxygen atoms in total. The minimum absolute atomic E-state index is 0.00220. The summed E-state index contributed by atoms with van der Waals surface area (Å²) in [6.45, 7) is 0. The highest BCUT2D eigenvalue weighted by atomic mass is 16.4. The van der Waals surface area contributed by atoms with Crippen molar-refractivity contribution in [3.63, 3.8) is 0 Å². The second-order valence-corrected chi connectivity index (χ2v) is 5.07. The van der Waals surface area contributed by atoms with Gasteiger partial charge in [-0.3, -0.25) is 4.79 Å². The second kappa shape index (κ2) is 6.36. The van der Waals surface area contributed by atoms with Gasteiger partial charge in [0.05, 0.1) is 0 Å². The number of benzene rings is 1. The van der Waals surface area contributed by atoms with Crippen LogP contribution in [0.25, 0.3) is 0 Å². The second-order valence-electron chi connectivity index (χ2n) is 5.07. The smallest absolute Gasteiger partial charge is 0.326 e. The molecule has 0 radical (unpaired) electrons. The summed E-state index contributed by atoms with van der Waals surface area (Å²) in [5, 5.41) is 11.9. The summed E-state index contributed by atoms with van der Waals surface area (Å²) >= 11 is 0. The van der Waals surface area contributed by atoms with Gasteiger partial charge in [0.15, 0.2) is 0 Å². The fourth-order valence-corrected chi connectivity index (χ4v) is 2.53. The van der Waals surface area contributed by atoms with Crippen LogP contribution in [0.5, 0.6) is 0 Å². The summed E-state index contributed by atoms with van der Waals surface area (Å²) in [7, 11) is 0. The molecule has 0 aliphatic heterocycles. The summed E-state index contributed by atoms with van der Waals surface area (Å²) in [5.74, 6) is -1.09. The van der Waals surface area contributed by atoms with E-state index in [4.69, 9.17) is 0 Å². The lowest BCUT2D eigenvalue weighted by Gasteiger charge is -2.17. The van der Waals surface area contributed by atoms with Gasteiger partial charge >= 0.3 is 5.97 Å². The van der Waals surface area contributed by atoms with E-state index in [2.05, 4.69) is 5.32 Å². The molecule has 1 aliphatic rings. The van der Waals surface area contributed by atoms with Crippen LogP contribution in [0.15, 0.2) is 30.3 Å². The Balaban J connectivity index is 1.96. The summed E-state index contributed by atoms with van der Waals surface area (Å²) in [6.07, 6.45) is 4.21. The molecule has 19 heavy (non-hydrogen) atoms. The molecule has 0 bridgehead atoms. The number of aliphatic carboxylic acids is 1. The minimum Gasteiger partial charge on any atom is -0.480 e. The van der Waals surface area contributed by atoms with Gasteiger partial charge in [0, 0.05) is 12.3 Å². The molecule has 102 valence electrons. The highest BCUT2D eigenvalue weighted by Gasteiger charge is 2.27. The van der Waals surface area contributed by atoms with Crippen molar-refractivity contribution in [3.8, 4) is 0 Å². The van der Waals surface area contributed by atoms with Gasteiger partial charge < -0.3 is 10.4 Å². The molecular weight excluding hydrogens is 242 g/mol. The van der Waals surface area contributed by atoms with Crippen LogP contribution in [0.4, 0.5) is 0 Å². The zero-order valence-corrected chi connectivity index (χ0v) is 10.8. The summed E-state index contributed by atoms with van der Waals surface area (Å²) < 4.78 is 0. The molecule has 1 saturated carbocycles. The van der Waals surface area contributed by atoms with Crippen LogP contribution in [0.3, 0.4) is 0 Å². The molecule has 1 aliphatic carbocycles. The third kappa shape index (κ3) is 3.81. The first kappa shape index (κ1) is 13.6. The molecule has 1 atom stereocenters. The molecule has 4 heteroatoms. The third-order valence-corrected chi connectivity index (χ3v) is 3.62. The van der Waals surface area contributed by atoms with Gasteiger partial charge in [-0.15, -0.1) is 0 Å². The molecular formula is C15H19NO3. The maximum absolute atomic E-state index is 12.0. The molecule has 2 rings (SSSR count). The number of carbonyl (C=O) groups is 2. The maximum atomic E-state index is 12.0. The van der Waals surface area contributed by atoms with Gasteiger partial charge in [-0.25, -0.2) is 4.79 Å². The average molecular weight is 261 g/mol. The molecule has 0 saturated heterocycles. The van der Waals surface area contributed by atoms with E-state index < -0.39 is 12.0 Å². The van der Waals surface area contributed by atoms with E-state index in [0.29, 0.717) is 6.42 Å². The Morgan fingerprint density at radius 3 is 2.42 bits per heavy atom. The van der Waals surface area contributed by atoms with E-state index >= 15 is 0 Å². The summed E-state index contributed by atoms with van der Waals surface area (Å²) in [4.78, 5) is 23.2. The van der Waals surface area contributed by atoms with Crippen molar-refractivity contribution >= 4 is 11.9 Å². The van der Waals surface area contributed by atoms with Crippen molar-refractivity contribution < 1.29 is 14.7 Å². The number of amides is 1. The normalized spacial score (nSPS) is 17.1. The van der Waals surface area contributed by atoms with Crippen molar-refractivity contribution in [1.29, 1.82) is 0 Å². The lowest BCUT2D eigenvalue weighted by atomic mass is 10.0. The quantitative estimate of drug-likeness (QED) is 0.851. The number of nitrogens with one attached hydrogen (secondary N) is 1. The molecule has 0 heterocycles. The van der Waals surface area contributed by atoms with E-state index in [9.17, 15) is 14.7 Å². The molecule has 0 aromatic heterocycles. The van der Waals surface area contributed by atoms with Gasteiger partial charge in [0.2, 0.25) is 5.91 Å². The Labute approximate surface area is 112 Å². The van der Waals surface area contributed by atoms with Crippen LogP contribution in [0.2, 0.25) is 0 Å². The number of carbonyl (C=O) groups excluding carboxylic acids is 1. The van der Waals surface area contributed by atoms with Gasteiger partial charge in [-0.1, -0.05) is 43.2 Å². The molecule has 1 fully saturated rings. The van der Waals surface area contributed by atoms with Crippen molar-refractivity contribution in [3.05, 3.63) is 35.9 Å². The fraction of sp³-hybridized carbons (Fsp3) is 0.467. The molecule has 0 spiro atoms. The van der Waals surface area contributed by atoms with Crippen LogP contribution < -0.4 is 5.32 Å². The van der Waals surface area contributed by atoms with Crippen LogP contribution >= 0.6 is 0 Å².